The molecule has 0 saturated carbocycles. The normalized spacial score (nSPS) is 13.9. The second-order valence-corrected chi connectivity index (χ2v) is 6.29. The third-order valence-corrected chi connectivity index (χ3v) is 4.36. The van der Waals surface area contributed by atoms with E-state index in [9.17, 15) is 9.59 Å². The Balaban J connectivity index is 1.43. The zero-order valence-corrected chi connectivity index (χ0v) is 15.5. The van der Waals surface area contributed by atoms with Crippen molar-refractivity contribution in [3.05, 3.63) is 43.0 Å². The topological polar surface area (TPSA) is 79.7 Å². The summed E-state index contributed by atoms with van der Waals surface area (Å²) in [7, 11) is 0. The lowest BCUT2D eigenvalue weighted by Crippen LogP contribution is -2.40. The summed E-state index contributed by atoms with van der Waals surface area (Å²) in [6.45, 7) is 5.09. The second-order valence-electron chi connectivity index (χ2n) is 6.29. The van der Waals surface area contributed by atoms with Gasteiger partial charge in [0.25, 0.3) is 0 Å². The van der Waals surface area contributed by atoms with E-state index >= 15 is 0 Å². The Hall–Kier alpha value is -3.03. The number of rotatable bonds is 9. The molecule has 0 bridgehead atoms. The highest BCUT2D eigenvalue weighted by atomic mass is 16.5. The molecular weight excluding hydrogens is 346 g/mol. The lowest BCUT2D eigenvalue weighted by atomic mass is 10.3. The number of nitrogens with one attached hydrogen (secondary N) is 1. The molecule has 0 radical (unpaired) electrons. The summed E-state index contributed by atoms with van der Waals surface area (Å²) in [6, 6.07) is 7.28. The molecular formula is C19H25N5O3. The number of carbonyl (C=O) groups is 2. The number of aromatic nitrogens is 2. The van der Waals surface area contributed by atoms with E-state index in [1.807, 2.05) is 42.0 Å². The summed E-state index contributed by atoms with van der Waals surface area (Å²) in [5, 5.41) is 2.87. The van der Waals surface area contributed by atoms with Crippen molar-refractivity contribution < 1.29 is 14.3 Å². The molecule has 2 heterocycles. The van der Waals surface area contributed by atoms with E-state index in [2.05, 4.69) is 10.3 Å². The van der Waals surface area contributed by atoms with Crippen LogP contribution in [-0.2, 0) is 11.3 Å². The molecule has 1 aromatic carbocycles. The van der Waals surface area contributed by atoms with Crippen molar-refractivity contribution in [2.75, 3.05) is 37.7 Å². The van der Waals surface area contributed by atoms with Crippen molar-refractivity contribution in [1.29, 1.82) is 0 Å². The molecule has 3 amide bonds. The van der Waals surface area contributed by atoms with Crippen LogP contribution in [0.3, 0.4) is 0 Å². The first-order valence-corrected chi connectivity index (χ1v) is 9.19. The number of imidazole rings is 1. The first-order chi connectivity index (χ1) is 13.2. The van der Waals surface area contributed by atoms with Crippen LogP contribution in [0.4, 0.5) is 10.5 Å². The predicted molar refractivity (Wildman–Crippen MR) is 102 cm³/mol. The van der Waals surface area contributed by atoms with Gasteiger partial charge in [0.2, 0.25) is 5.91 Å². The number of hydrogen-bond acceptors (Lipinski definition) is 4. The van der Waals surface area contributed by atoms with E-state index in [1.54, 1.807) is 22.3 Å². The third-order valence-electron chi connectivity index (χ3n) is 4.36. The number of urea groups is 1. The molecule has 0 aliphatic carbocycles. The highest BCUT2D eigenvalue weighted by molar-refractivity contribution is 5.96. The van der Waals surface area contributed by atoms with Crippen molar-refractivity contribution in [1.82, 2.24) is 19.8 Å². The van der Waals surface area contributed by atoms with Gasteiger partial charge in [-0.1, -0.05) is 0 Å². The summed E-state index contributed by atoms with van der Waals surface area (Å²) in [5.74, 6) is 0.641. The standard InChI is InChI=1S/C19H25N5O3/c1-2-27-17-6-4-16(5-7-17)24-13-12-23(19(24)26)14-18(25)21-8-3-10-22-11-9-20-15-22/h4-7,9,11,15H,2-3,8,10,12-14H2,1H3,(H,21,25). The Kier molecular flexibility index (Phi) is 6.30. The number of hydrogen-bond donors (Lipinski definition) is 1. The van der Waals surface area contributed by atoms with Gasteiger partial charge >= 0.3 is 6.03 Å². The fourth-order valence-electron chi connectivity index (χ4n) is 3.00. The zero-order chi connectivity index (χ0) is 19.1. The van der Waals surface area contributed by atoms with Gasteiger partial charge in [0.1, 0.15) is 12.3 Å². The molecule has 1 N–H and O–H groups in total. The average molecular weight is 371 g/mol. The molecule has 1 aliphatic rings. The van der Waals surface area contributed by atoms with Gasteiger partial charge < -0.3 is 19.5 Å². The van der Waals surface area contributed by atoms with E-state index < -0.39 is 0 Å². The van der Waals surface area contributed by atoms with Crippen LogP contribution in [0.5, 0.6) is 5.75 Å². The first-order valence-electron chi connectivity index (χ1n) is 9.19. The van der Waals surface area contributed by atoms with Gasteiger partial charge in [-0.05, 0) is 37.6 Å². The monoisotopic (exact) mass is 371 g/mol. The molecule has 1 aromatic heterocycles. The first kappa shape index (κ1) is 18.8. The number of aryl methyl sites for hydroxylation is 1. The van der Waals surface area contributed by atoms with Crippen molar-refractivity contribution in [2.45, 2.75) is 19.9 Å². The smallest absolute Gasteiger partial charge is 0.325 e. The Morgan fingerprint density at radius 3 is 2.78 bits per heavy atom. The number of nitrogens with zero attached hydrogens (tertiary/aromatic N) is 4. The molecule has 8 heteroatoms. The van der Waals surface area contributed by atoms with Crippen LogP contribution in [0, 0.1) is 0 Å². The van der Waals surface area contributed by atoms with E-state index in [0.29, 0.717) is 26.2 Å². The minimum absolute atomic E-state index is 0.0808. The average Bonchev–Trinajstić information content (AvgIpc) is 3.31. The SMILES string of the molecule is CCOc1ccc(N2CCN(CC(=O)NCCCn3ccnc3)C2=O)cc1. The predicted octanol–water partition coefficient (Wildman–Crippen LogP) is 1.73. The number of amides is 3. The summed E-state index contributed by atoms with van der Waals surface area (Å²) in [4.78, 5) is 31.9. The summed E-state index contributed by atoms with van der Waals surface area (Å²) in [6.07, 6.45) is 6.18. The summed E-state index contributed by atoms with van der Waals surface area (Å²) < 4.78 is 7.39. The van der Waals surface area contributed by atoms with Gasteiger partial charge in [0.15, 0.2) is 0 Å². The lowest BCUT2D eigenvalue weighted by molar-refractivity contribution is -0.121. The molecule has 27 heavy (non-hydrogen) atoms. The Bertz CT molecular complexity index is 745. The number of benzene rings is 1. The van der Waals surface area contributed by atoms with Crippen LogP contribution in [0.2, 0.25) is 0 Å². The molecule has 0 atom stereocenters. The highest BCUT2D eigenvalue weighted by Gasteiger charge is 2.30. The summed E-state index contributed by atoms with van der Waals surface area (Å²) >= 11 is 0. The van der Waals surface area contributed by atoms with Crippen LogP contribution in [0.25, 0.3) is 0 Å². The maximum absolute atomic E-state index is 12.6. The molecule has 8 nitrogen and oxygen atoms in total. The largest absolute Gasteiger partial charge is 0.494 e. The van der Waals surface area contributed by atoms with Crippen LogP contribution in [-0.4, -0.2) is 59.2 Å². The molecule has 3 rings (SSSR count). The fourth-order valence-corrected chi connectivity index (χ4v) is 3.00. The Morgan fingerprint density at radius 2 is 2.07 bits per heavy atom. The number of anilines is 1. The van der Waals surface area contributed by atoms with Crippen molar-refractivity contribution in [3.63, 3.8) is 0 Å². The van der Waals surface area contributed by atoms with Gasteiger partial charge in [0, 0.05) is 44.3 Å². The molecule has 0 spiro atoms. The summed E-state index contributed by atoms with van der Waals surface area (Å²) in [5.41, 5.74) is 0.812. The molecule has 2 aromatic rings. The van der Waals surface area contributed by atoms with Crippen molar-refractivity contribution in [3.8, 4) is 5.75 Å². The van der Waals surface area contributed by atoms with Crippen molar-refractivity contribution in [2.24, 2.45) is 0 Å². The Morgan fingerprint density at radius 1 is 1.26 bits per heavy atom. The minimum Gasteiger partial charge on any atom is -0.494 e. The van der Waals surface area contributed by atoms with Crippen LogP contribution in [0.1, 0.15) is 13.3 Å². The molecule has 1 aliphatic heterocycles. The lowest BCUT2D eigenvalue weighted by Gasteiger charge is -2.18. The van der Waals surface area contributed by atoms with E-state index in [-0.39, 0.29) is 18.5 Å². The van der Waals surface area contributed by atoms with Gasteiger partial charge in [0.05, 0.1) is 12.9 Å². The van der Waals surface area contributed by atoms with Gasteiger partial charge in [-0.15, -0.1) is 0 Å². The Labute approximate surface area is 158 Å². The second kappa shape index (κ2) is 9.07. The van der Waals surface area contributed by atoms with Gasteiger partial charge in [-0.25, -0.2) is 9.78 Å². The van der Waals surface area contributed by atoms with Crippen molar-refractivity contribution >= 4 is 17.6 Å². The molecule has 1 saturated heterocycles. The quantitative estimate of drug-likeness (QED) is 0.681. The van der Waals surface area contributed by atoms with Gasteiger partial charge in [-0.3, -0.25) is 9.69 Å². The third kappa shape index (κ3) is 4.99. The number of carbonyl (C=O) groups excluding carboxylic acids is 2. The minimum atomic E-state index is -0.146. The van der Waals surface area contributed by atoms with E-state index in [0.717, 1.165) is 24.4 Å². The number of ether oxygens (including phenoxy) is 1. The van der Waals surface area contributed by atoms with Gasteiger partial charge in [-0.2, -0.15) is 0 Å². The molecule has 144 valence electrons. The zero-order valence-electron chi connectivity index (χ0n) is 15.5. The molecule has 1 fully saturated rings. The highest BCUT2D eigenvalue weighted by Crippen LogP contribution is 2.23. The fraction of sp³-hybridized carbons (Fsp3) is 0.421. The van der Waals surface area contributed by atoms with Crippen LogP contribution >= 0.6 is 0 Å². The maximum Gasteiger partial charge on any atom is 0.325 e. The van der Waals surface area contributed by atoms with Crippen LogP contribution in [0.15, 0.2) is 43.0 Å². The van der Waals surface area contributed by atoms with E-state index in [4.69, 9.17) is 4.74 Å². The molecule has 0 unspecified atom stereocenters. The van der Waals surface area contributed by atoms with Crippen LogP contribution < -0.4 is 15.0 Å². The maximum atomic E-state index is 12.6. The van der Waals surface area contributed by atoms with E-state index in [1.165, 1.54) is 0 Å².